The molecule has 0 fully saturated rings. The number of pyridine rings is 2. The molecule has 0 saturated heterocycles. The third kappa shape index (κ3) is 3.17. The van der Waals surface area contributed by atoms with Gasteiger partial charge in [0.05, 0.1) is 10.4 Å². The second kappa shape index (κ2) is 7.41. The summed E-state index contributed by atoms with van der Waals surface area (Å²) in [6, 6.07) is 22.0. The monoisotopic (exact) mass is 372 g/mol. The van der Waals surface area contributed by atoms with Crippen molar-refractivity contribution >= 4 is 22.5 Å². The number of hydrogen-bond acceptors (Lipinski definition) is 3. The molecule has 0 aliphatic heterocycles. The van der Waals surface area contributed by atoms with Gasteiger partial charge in [-0.05, 0) is 59.5 Å². The van der Waals surface area contributed by atoms with Gasteiger partial charge in [0.15, 0.2) is 0 Å². The van der Waals surface area contributed by atoms with Gasteiger partial charge in [-0.25, -0.2) is 4.98 Å². The van der Waals surface area contributed by atoms with Gasteiger partial charge in [-0.2, -0.15) is 0 Å². The van der Waals surface area contributed by atoms with Gasteiger partial charge in [-0.3, -0.25) is 9.36 Å². The highest BCUT2D eigenvalue weighted by Crippen LogP contribution is 2.29. The van der Waals surface area contributed by atoms with Crippen molar-refractivity contribution in [1.82, 2.24) is 9.55 Å². The quantitative estimate of drug-likeness (QED) is 0.454. The predicted molar refractivity (Wildman–Crippen MR) is 114 cm³/mol. The van der Waals surface area contributed by atoms with Crippen LogP contribution in [0, 0.1) is 0 Å². The van der Waals surface area contributed by atoms with Crippen LogP contribution in [0.3, 0.4) is 0 Å². The lowest BCUT2D eigenvalue weighted by Gasteiger charge is -2.15. The van der Waals surface area contributed by atoms with Crippen LogP contribution in [0.15, 0.2) is 82.7 Å². The molecule has 0 saturated carbocycles. The number of hydrogen-bond donors (Lipinski definition) is 0. The van der Waals surface area contributed by atoms with Crippen LogP contribution in [-0.2, 0) is 6.42 Å². The largest absolute Gasteiger partial charge is 0.281 e. The molecule has 0 radical (unpaired) electrons. The summed E-state index contributed by atoms with van der Waals surface area (Å²) in [6.07, 6.45) is 4.59. The Morgan fingerprint density at radius 3 is 2.56 bits per heavy atom. The summed E-state index contributed by atoms with van der Waals surface area (Å²) in [5.74, 6) is 0. The highest BCUT2D eigenvalue weighted by atomic mass is 32.2. The molecule has 3 nitrogen and oxygen atoms in total. The lowest BCUT2D eigenvalue weighted by molar-refractivity contribution is 0.889. The van der Waals surface area contributed by atoms with Crippen molar-refractivity contribution in [3.63, 3.8) is 0 Å². The van der Waals surface area contributed by atoms with E-state index in [0.29, 0.717) is 0 Å². The standard InChI is InChI=1S/C23H20N2OS/c1-3-18-14-17-8-7-11-20(16-12-13-24-21(15-16)27-2)22(17)23(26)25(18)19-9-5-4-6-10-19/h4-15H,3H2,1-2H3. The van der Waals surface area contributed by atoms with E-state index in [0.717, 1.165) is 44.7 Å². The summed E-state index contributed by atoms with van der Waals surface area (Å²) in [6.45, 7) is 2.08. The first-order chi connectivity index (χ1) is 13.2. The minimum absolute atomic E-state index is 0.0219. The first-order valence-electron chi connectivity index (χ1n) is 8.96. The molecule has 0 spiro atoms. The lowest BCUT2D eigenvalue weighted by atomic mass is 9.99. The van der Waals surface area contributed by atoms with Gasteiger partial charge in [-0.1, -0.05) is 43.3 Å². The molecule has 0 atom stereocenters. The maximum atomic E-state index is 13.6. The normalized spacial score (nSPS) is 11.0. The summed E-state index contributed by atoms with van der Waals surface area (Å²) in [5, 5.41) is 2.67. The van der Waals surface area contributed by atoms with Gasteiger partial charge in [-0.15, -0.1) is 11.8 Å². The molecule has 0 amide bonds. The van der Waals surface area contributed by atoms with E-state index in [1.807, 2.05) is 71.5 Å². The highest BCUT2D eigenvalue weighted by molar-refractivity contribution is 7.98. The van der Waals surface area contributed by atoms with E-state index in [2.05, 4.69) is 18.0 Å². The Morgan fingerprint density at radius 1 is 1.00 bits per heavy atom. The molecule has 2 aromatic carbocycles. The Labute approximate surface area is 162 Å². The van der Waals surface area contributed by atoms with Gasteiger partial charge >= 0.3 is 0 Å². The minimum atomic E-state index is 0.0219. The van der Waals surface area contributed by atoms with E-state index < -0.39 is 0 Å². The number of rotatable bonds is 4. The van der Waals surface area contributed by atoms with Gasteiger partial charge < -0.3 is 0 Å². The van der Waals surface area contributed by atoms with Gasteiger partial charge in [0.1, 0.15) is 0 Å². The fourth-order valence-corrected chi connectivity index (χ4v) is 3.88. The molecular formula is C23H20N2OS. The number of nitrogens with zero attached hydrogens (tertiary/aromatic N) is 2. The fourth-order valence-electron chi connectivity index (χ4n) is 3.46. The molecule has 0 aliphatic carbocycles. The van der Waals surface area contributed by atoms with Crippen molar-refractivity contribution in [3.8, 4) is 16.8 Å². The number of benzene rings is 2. The van der Waals surface area contributed by atoms with E-state index in [1.54, 1.807) is 18.0 Å². The Hall–Kier alpha value is -2.85. The number of aryl methyl sites for hydroxylation is 1. The number of para-hydroxylation sites is 1. The molecule has 27 heavy (non-hydrogen) atoms. The van der Waals surface area contributed by atoms with Crippen molar-refractivity contribution in [1.29, 1.82) is 0 Å². The van der Waals surface area contributed by atoms with Crippen LogP contribution in [0.5, 0.6) is 0 Å². The van der Waals surface area contributed by atoms with E-state index >= 15 is 0 Å². The van der Waals surface area contributed by atoms with Crippen LogP contribution in [-0.4, -0.2) is 15.8 Å². The second-order valence-corrected chi connectivity index (χ2v) is 7.15. The van der Waals surface area contributed by atoms with Crippen molar-refractivity contribution in [3.05, 3.63) is 89.0 Å². The van der Waals surface area contributed by atoms with E-state index in [4.69, 9.17) is 0 Å². The van der Waals surface area contributed by atoms with Gasteiger partial charge in [0.2, 0.25) is 0 Å². The smallest absolute Gasteiger partial charge is 0.263 e. The summed E-state index contributed by atoms with van der Waals surface area (Å²) in [5.41, 5.74) is 3.89. The third-order valence-electron chi connectivity index (χ3n) is 4.75. The summed E-state index contributed by atoms with van der Waals surface area (Å²) >= 11 is 1.60. The first kappa shape index (κ1) is 17.6. The summed E-state index contributed by atoms with van der Waals surface area (Å²) < 4.78 is 1.84. The van der Waals surface area contributed by atoms with Crippen molar-refractivity contribution in [2.45, 2.75) is 18.4 Å². The van der Waals surface area contributed by atoms with Crippen LogP contribution in [0.1, 0.15) is 12.6 Å². The second-order valence-electron chi connectivity index (χ2n) is 6.32. The van der Waals surface area contributed by atoms with Crippen molar-refractivity contribution in [2.24, 2.45) is 0 Å². The maximum absolute atomic E-state index is 13.6. The molecule has 4 heteroatoms. The molecule has 0 aliphatic rings. The summed E-state index contributed by atoms with van der Waals surface area (Å²) in [4.78, 5) is 18.0. The molecule has 0 N–H and O–H groups in total. The van der Waals surface area contributed by atoms with Gasteiger partial charge in [0, 0.05) is 17.6 Å². The van der Waals surface area contributed by atoms with Crippen LogP contribution < -0.4 is 5.56 Å². The fraction of sp³-hybridized carbons (Fsp3) is 0.130. The Morgan fingerprint density at radius 2 is 1.81 bits per heavy atom. The van der Waals surface area contributed by atoms with Gasteiger partial charge in [0.25, 0.3) is 5.56 Å². The minimum Gasteiger partial charge on any atom is -0.281 e. The Kier molecular flexibility index (Phi) is 4.82. The molecule has 4 aromatic rings. The van der Waals surface area contributed by atoms with Crippen LogP contribution in [0.25, 0.3) is 27.6 Å². The summed E-state index contributed by atoms with van der Waals surface area (Å²) in [7, 11) is 0. The van der Waals surface area contributed by atoms with Crippen LogP contribution >= 0.6 is 11.8 Å². The zero-order chi connectivity index (χ0) is 18.8. The van der Waals surface area contributed by atoms with E-state index in [9.17, 15) is 4.79 Å². The Balaban J connectivity index is 2.07. The SMILES string of the molecule is CCc1cc2cccc(-c3ccnc(SC)c3)c2c(=O)n1-c1ccccc1. The average Bonchev–Trinajstić information content (AvgIpc) is 2.73. The molecule has 134 valence electrons. The molecule has 2 aromatic heterocycles. The topological polar surface area (TPSA) is 34.9 Å². The van der Waals surface area contributed by atoms with Crippen LogP contribution in [0.4, 0.5) is 0 Å². The van der Waals surface area contributed by atoms with Crippen LogP contribution in [0.2, 0.25) is 0 Å². The molecule has 0 bridgehead atoms. The lowest BCUT2D eigenvalue weighted by Crippen LogP contribution is -2.22. The van der Waals surface area contributed by atoms with Crippen molar-refractivity contribution < 1.29 is 0 Å². The average molecular weight is 372 g/mol. The third-order valence-corrected chi connectivity index (χ3v) is 5.40. The number of fused-ring (bicyclic) bond motifs is 1. The van der Waals surface area contributed by atoms with Crippen molar-refractivity contribution in [2.75, 3.05) is 6.26 Å². The zero-order valence-corrected chi connectivity index (χ0v) is 16.2. The number of thioether (sulfide) groups is 1. The highest BCUT2D eigenvalue weighted by Gasteiger charge is 2.14. The Bertz CT molecular complexity index is 1170. The molecule has 4 rings (SSSR count). The maximum Gasteiger partial charge on any atom is 0.263 e. The first-order valence-corrected chi connectivity index (χ1v) is 10.2. The molecular weight excluding hydrogens is 352 g/mol. The molecule has 2 heterocycles. The predicted octanol–water partition coefficient (Wildman–Crippen LogP) is 5.34. The number of aromatic nitrogens is 2. The van der Waals surface area contributed by atoms with E-state index in [1.165, 1.54) is 0 Å². The zero-order valence-electron chi connectivity index (χ0n) is 15.3. The molecule has 0 unspecified atom stereocenters. The van der Waals surface area contributed by atoms with E-state index in [-0.39, 0.29) is 5.56 Å².